The zero-order valence-corrected chi connectivity index (χ0v) is 13.7. The molecule has 0 saturated carbocycles. The largest absolute Gasteiger partial charge is 1.00 e. The van der Waals surface area contributed by atoms with Gasteiger partial charge < -0.3 is 19.4 Å². The van der Waals surface area contributed by atoms with Crippen LogP contribution in [-0.2, 0) is 4.79 Å². The predicted octanol–water partition coefficient (Wildman–Crippen LogP) is -0.847. The van der Waals surface area contributed by atoms with E-state index in [-0.39, 0.29) is 42.4 Å². The number of furan rings is 1. The van der Waals surface area contributed by atoms with Crippen molar-refractivity contribution in [2.45, 2.75) is 18.9 Å². The van der Waals surface area contributed by atoms with Crippen LogP contribution in [0.15, 0.2) is 46.9 Å². The van der Waals surface area contributed by atoms with Crippen molar-refractivity contribution in [1.82, 2.24) is 0 Å². The molecular formula is C16H13NaO4. The molecule has 1 N–H and O–H groups in total. The normalized spacial score (nSPS) is 12.2. The molecule has 0 aliphatic heterocycles. The Bertz CT molecular complexity index is 778. The van der Waals surface area contributed by atoms with Gasteiger partial charge in [0.15, 0.2) is 0 Å². The van der Waals surface area contributed by atoms with E-state index in [1.807, 2.05) is 36.4 Å². The number of carbonyl (C=O) groups excluding carboxylic acids is 1. The van der Waals surface area contributed by atoms with Gasteiger partial charge in [0.1, 0.15) is 11.2 Å². The molecule has 0 aliphatic carbocycles. The number of hydrogen-bond donors (Lipinski definition) is 1. The van der Waals surface area contributed by atoms with Crippen molar-refractivity contribution in [3.8, 4) is 0 Å². The Kier molecular flexibility index (Phi) is 5.06. The summed E-state index contributed by atoms with van der Waals surface area (Å²) < 4.78 is 5.79. The van der Waals surface area contributed by atoms with E-state index in [4.69, 9.17) is 4.42 Å². The van der Waals surface area contributed by atoms with Crippen molar-refractivity contribution in [2.75, 3.05) is 0 Å². The van der Waals surface area contributed by atoms with Gasteiger partial charge in [0.05, 0.1) is 6.10 Å². The number of para-hydroxylation sites is 2. The van der Waals surface area contributed by atoms with Crippen molar-refractivity contribution in [3.63, 3.8) is 0 Å². The quantitative estimate of drug-likeness (QED) is 0.636. The first-order valence-corrected chi connectivity index (χ1v) is 6.45. The number of aliphatic hydroxyl groups excluding tert-OH is 1. The number of benzene rings is 2. The fourth-order valence-corrected chi connectivity index (χ4v) is 2.44. The third-order valence-corrected chi connectivity index (χ3v) is 3.42. The summed E-state index contributed by atoms with van der Waals surface area (Å²) in [6.07, 6.45) is -0.951. The van der Waals surface area contributed by atoms with E-state index < -0.39 is 12.1 Å². The molecule has 1 atom stereocenters. The van der Waals surface area contributed by atoms with E-state index in [9.17, 15) is 15.0 Å². The summed E-state index contributed by atoms with van der Waals surface area (Å²) in [4.78, 5) is 10.5. The topological polar surface area (TPSA) is 73.5 Å². The molecule has 0 bridgehead atoms. The number of aliphatic carboxylic acids is 1. The van der Waals surface area contributed by atoms with E-state index in [0.29, 0.717) is 11.1 Å². The average molecular weight is 292 g/mol. The van der Waals surface area contributed by atoms with Crippen LogP contribution in [0, 0.1) is 0 Å². The molecule has 1 heterocycles. The molecule has 0 fully saturated rings. The Morgan fingerprint density at radius 3 is 2.62 bits per heavy atom. The Labute approximate surface area is 143 Å². The standard InChI is InChI=1S/C16H14O4.Na/c17-13(8-9-15(18)19)12-6-3-5-11-10-4-1-2-7-14(10)20-16(11)12;/h1-7,13,17H,8-9H2,(H,18,19);/q;+1/p-1. The zero-order chi connectivity index (χ0) is 14.1. The van der Waals surface area contributed by atoms with Gasteiger partial charge in [-0.2, -0.15) is 0 Å². The molecule has 5 heteroatoms. The van der Waals surface area contributed by atoms with E-state index in [0.717, 1.165) is 16.4 Å². The minimum absolute atomic E-state index is 0. The second-order valence-electron chi connectivity index (χ2n) is 4.75. The van der Waals surface area contributed by atoms with Crippen LogP contribution >= 0.6 is 0 Å². The monoisotopic (exact) mass is 292 g/mol. The second-order valence-corrected chi connectivity index (χ2v) is 4.75. The molecule has 0 spiro atoms. The van der Waals surface area contributed by atoms with Crippen LogP contribution in [0.2, 0.25) is 0 Å². The number of fused-ring (bicyclic) bond motifs is 3. The van der Waals surface area contributed by atoms with Gasteiger partial charge in [-0.1, -0.05) is 36.4 Å². The van der Waals surface area contributed by atoms with E-state index in [1.54, 1.807) is 6.07 Å². The SMILES string of the molecule is O=C([O-])CCC(O)c1cccc2c1oc1ccccc12.[Na+]. The third-order valence-electron chi connectivity index (χ3n) is 3.42. The van der Waals surface area contributed by atoms with Crippen molar-refractivity contribution in [2.24, 2.45) is 0 Å². The van der Waals surface area contributed by atoms with Crippen molar-refractivity contribution in [3.05, 3.63) is 48.0 Å². The molecule has 1 unspecified atom stereocenters. The maximum Gasteiger partial charge on any atom is 1.00 e. The molecule has 21 heavy (non-hydrogen) atoms. The Morgan fingerprint density at radius 2 is 1.86 bits per heavy atom. The first-order chi connectivity index (χ1) is 9.66. The van der Waals surface area contributed by atoms with Crippen molar-refractivity contribution >= 4 is 27.9 Å². The zero-order valence-electron chi connectivity index (χ0n) is 11.7. The number of aliphatic hydroxyl groups is 1. The summed E-state index contributed by atoms with van der Waals surface area (Å²) in [5.41, 5.74) is 1.97. The van der Waals surface area contributed by atoms with Crippen LogP contribution in [0.25, 0.3) is 21.9 Å². The number of carboxylic acid groups (broad SMARTS) is 1. The third kappa shape index (κ3) is 3.14. The summed E-state index contributed by atoms with van der Waals surface area (Å²) in [6.45, 7) is 0. The summed E-state index contributed by atoms with van der Waals surface area (Å²) in [7, 11) is 0. The maximum atomic E-state index is 10.5. The Balaban J connectivity index is 0.00000161. The molecule has 4 nitrogen and oxygen atoms in total. The van der Waals surface area contributed by atoms with Gasteiger partial charge in [-0.15, -0.1) is 0 Å². The molecule has 0 aliphatic rings. The van der Waals surface area contributed by atoms with Gasteiger partial charge in [0.2, 0.25) is 0 Å². The fraction of sp³-hybridized carbons (Fsp3) is 0.188. The molecule has 3 rings (SSSR count). The Hall–Kier alpha value is -1.33. The van der Waals surface area contributed by atoms with Gasteiger partial charge in [-0.3, -0.25) is 0 Å². The minimum atomic E-state index is -1.17. The first-order valence-electron chi connectivity index (χ1n) is 6.45. The maximum absolute atomic E-state index is 10.5. The smallest absolute Gasteiger partial charge is 0.550 e. The molecule has 2 aromatic carbocycles. The summed E-state index contributed by atoms with van der Waals surface area (Å²) in [6, 6.07) is 13.2. The summed E-state index contributed by atoms with van der Waals surface area (Å²) >= 11 is 0. The summed E-state index contributed by atoms with van der Waals surface area (Å²) in [5.74, 6) is -1.17. The van der Waals surface area contributed by atoms with Gasteiger partial charge in [0, 0.05) is 22.3 Å². The van der Waals surface area contributed by atoms with E-state index in [2.05, 4.69) is 0 Å². The Morgan fingerprint density at radius 1 is 1.14 bits per heavy atom. The molecule has 0 amide bonds. The molecule has 3 aromatic rings. The van der Waals surface area contributed by atoms with E-state index >= 15 is 0 Å². The number of carboxylic acids is 1. The molecule has 0 radical (unpaired) electrons. The number of rotatable bonds is 4. The minimum Gasteiger partial charge on any atom is -0.550 e. The number of hydrogen-bond acceptors (Lipinski definition) is 4. The van der Waals surface area contributed by atoms with Crippen LogP contribution in [0.4, 0.5) is 0 Å². The predicted molar refractivity (Wildman–Crippen MR) is 72.9 cm³/mol. The second kappa shape index (κ2) is 6.62. The van der Waals surface area contributed by atoms with Gasteiger partial charge in [-0.25, -0.2) is 0 Å². The fourth-order valence-electron chi connectivity index (χ4n) is 2.44. The average Bonchev–Trinajstić information content (AvgIpc) is 2.83. The van der Waals surface area contributed by atoms with Crippen LogP contribution in [0.1, 0.15) is 24.5 Å². The van der Waals surface area contributed by atoms with E-state index in [1.165, 1.54) is 0 Å². The molecule has 0 saturated heterocycles. The molecule has 1 aromatic heterocycles. The molecular weight excluding hydrogens is 279 g/mol. The van der Waals surface area contributed by atoms with Gasteiger partial charge >= 0.3 is 29.6 Å². The van der Waals surface area contributed by atoms with Crippen LogP contribution in [-0.4, -0.2) is 11.1 Å². The van der Waals surface area contributed by atoms with Gasteiger partial charge in [-0.05, 0) is 18.9 Å². The van der Waals surface area contributed by atoms with Crippen molar-refractivity contribution < 1.29 is 49.0 Å². The van der Waals surface area contributed by atoms with Crippen molar-refractivity contribution in [1.29, 1.82) is 0 Å². The van der Waals surface area contributed by atoms with Crippen LogP contribution < -0.4 is 34.7 Å². The van der Waals surface area contributed by atoms with Crippen LogP contribution in [0.3, 0.4) is 0 Å². The summed E-state index contributed by atoms with van der Waals surface area (Å²) in [5, 5.41) is 22.5. The first kappa shape index (κ1) is 16.0. The van der Waals surface area contributed by atoms with Gasteiger partial charge in [0.25, 0.3) is 0 Å². The van der Waals surface area contributed by atoms with Crippen LogP contribution in [0.5, 0.6) is 0 Å². The molecule has 102 valence electrons. The number of carbonyl (C=O) groups is 1.